The van der Waals surface area contributed by atoms with E-state index < -0.39 is 87.6 Å². The first-order chi connectivity index (χ1) is 44.1. The molecule has 0 aliphatic carbocycles. The van der Waals surface area contributed by atoms with E-state index in [0.29, 0.717) is 48.9 Å². The molecule has 92 heavy (non-hydrogen) atoms. The molecule has 0 N–H and O–H groups in total. The Kier molecular flexibility index (Phi) is 17.2. The summed E-state index contributed by atoms with van der Waals surface area (Å²) in [4.78, 5) is 27.7. The fourth-order valence-corrected chi connectivity index (χ4v) is 14.4. The van der Waals surface area contributed by atoms with Gasteiger partial charge in [0.1, 0.15) is 35.1 Å². The van der Waals surface area contributed by atoms with Gasteiger partial charge in [0, 0.05) is 46.8 Å². The average Bonchev–Trinajstić information content (AvgIpc) is 1.04. The molecule has 19 heteroatoms. The number of carbonyl (C=O) groups is 2. The van der Waals surface area contributed by atoms with Crippen LogP contribution in [0.25, 0.3) is 77.4 Å². The minimum absolute atomic E-state index is 0.187. The summed E-state index contributed by atoms with van der Waals surface area (Å²) < 4.78 is 163. The topological polar surface area (TPSA) is 144 Å². The Morgan fingerprint density at radius 1 is 0.467 bits per heavy atom. The maximum Gasteiger partial charge on any atom is 0.416 e. The van der Waals surface area contributed by atoms with Gasteiger partial charge in [-0.05, 0) is 105 Å². The van der Waals surface area contributed by atoms with E-state index in [1.165, 1.54) is 67.6 Å². The van der Waals surface area contributed by atoms with Crippen LogP contribution in [0.2, 0.25) is 0 Å². The Balaban J connectivity index is 0.804. The van der Waals surface area contributed by atoms with E-state index in [9.17, 15) is 52.8 Å². The number of carbonyl (C=O) groups excluding carboxylic acids is 2. The quantitative estimate of drug-likeness (QED) is 0.0439. The normalized spacial score (nSPS) is 12.7. The maximum atomic E-state index is 15.0. The van der Waals surface area contributed by atoms with Crippen LogP contribution in [0, 0.1) is 0 Å². The van der Waals surface area contributed by atoms with Crippen LogP contribution < -0.4 is 0 Å². The molecule has 0 saturated heterocycles. The van der Waals surface area contributed by atoms with Crippen LogP contribution in [0.3, 0.4) is 0 Å². The van der Waals surface area contributed by atoms with Gasteiger partial charge in [-0.15, -0.1) is 0 Å². The fraction of sp³-hybridized carbons (Fsp3) is 0.123. The van der Waals surface area contributed by atoms with Crippen molar-refractivity contribution in [3.05, 3.63) is 276 Å². The standard InChI is InChI=1S/C73H54F6N2O9S2/c1-2-64(81(45-49-16-11-18-57(42-49)73(77,78)79)92(86,87)59-39-35-53(36-40-59)51-27-31-55(32-28-51)69-63-20-7-9-24-66(63)88-67(69)43-47-13-4-3-5-14-47)71(83)90-68(82)46-80(44-48-15-10-17-56(41-48)72(74,75)76)91(84,85)58-37-33-52(34-38-58)50-25-29-54(30-26-50)60-21-12-22-62-61-19-6-8-23-65(61)89-70(60)62/h3-42,64H,2,43-46H2,1H3. The number of para-hydroxylation sites is 3. The Hall–Kier alpha value is -9.92. The number of benzene rings is 10. The van der Waals surface area contributed by atoms with Gasteiger partial charge in [-0.1, -0.05) is 201 Å². The Bertz CT molecular complexity index is 4940. The van der Waals surface area contributed by atoms with Crippen LogP contribution >= 0.6 is 0 Å². The maximum absolute atomic E-state index is 15.0. The van der Waals surface area contributed by atoms with E-state index in [-0.39, 0.29) is 20.9 Å². The van der Waals surface area contributed by atoms with Gasteiger partial charge in [0.2, 0.25) is 20.0 Å². The third-order valence-electron chi connectivity index (χ3n) is 16.0. The Morgan fingerprint density at radius 2 is 0.924 bits per heavy atom. The lowest BCUT2D eigenvalue weighted by Gasteiger charge is -2.29. The van der Waals surface area contributed by atoms with Crippen molar-refractivity contribution in [1.82, 2.24) is 8.61 Å². The lowest BCUT2D eigenvalue weighted by atomic mass is 9.96. The highest BCUT2D eigenvalue weighted by Crippen LogP contribution is 2.40. The second-order valence-corrected chi connectivity index (χ2v) is 25.8. The molecule has 0 fully saturated rings. The number of hydrogen-bond acceptors (Lipinski definition) is 9. The summed E-state index contributed by atoms with van der Waals surface area (Å²) in [5.41, 5.74) is 6.66. The molecule has 11 nitrogen and oxygen atoms in total. The zero-order chi connectivity index (χ0) is 64.5. The predicted molar refractivity (Wildman–Crippen MR) is 339 cm³/mol. The molecule has 12 aromatic rings. The highest BCUT2D eigenvalue weighted by molar-refractivity contribution is 7.89. The molecule has 0 saturated carbocycles. The second-order valence-electron chi connectivity index (χ2n) is 22.0. The molecule has 0 aliphatic rings. The zero-order valence-electron chi connectivity index (χ0n) is 48.9. The van der Waals surface area contributed by atoms with Gasteiger partial charge in [0.15, 0.2) is 0 Å². The summed E-state index contributed by atoms with van der Waals surface area (Å²) in [6.07, 6.45) is -9.56. The molecule has 2 heterocycles. The molecule has 12 rings (SSSR count). The summed E-state index contributed by atoms with van der Waals surface area (Å²) in [6.45, 7) is -1.55. The fourth-order valence-electron chi connectivity index (χ4n) is 11.4. The number of sulfonamides is 2. The number of furan rings is 2. The van der Waals surface area contributed by atoms with Crippen LogP contribution in [0.5, 0.6) is 0 Å². The number of esters is 2. The lowest BCUT2D eigenvalue weighted by molar-refractivity contribution is -0.163. The van der Waals surface area contributed by atoms with Crippen LogP contribution in [0.1, 0.15) is 46.9 Å². The molecule has 0 amide bonds. The van der Waals surface area contributed by atoms with Crippen molar-refractivity contribution in [2.24, 2.45) is 0 Å². The van der Waals surface area contributed by atoms with Crippen molar-refractivity contribution in [3.8, 4) is 44.5 Å². The van der Waals surface area contributed by atoms with Crippen LogP contribution in [0.4, 0.5) is 26.3 Å². The van der Waals surface area contributed by atoms with Crippen molar-refractivity contribution < 1.29 is 66.3 Å². The van der Waals surface area contributed by atoms with Crippen molar-refractivity contribution in [3.63, 3.8) is 0 Å². The molecular weight excluding hydrogens is 1230 g/mol. The van der Waals surface area contributed by atoms with Gasteiger partial charge in [0.05, 0.1) is 20.9 Å². The molecular formula is C73H54F6N2O9S2. The monoisotopic (exact) mass is 1280 g/mol. The molecule has 0 radical (unpaired) electrons. The first kappa shape index (κ1) is 62.3. The number of nitrogens with zero attached hydrogens (tertiary/aromatic N) is 2. The van der Waals surface area contributed by atoms with E-state index in [1.807, 2.05) is 146 Å². The second kappa shape index (κ2) is 25.4. The van der Waals surface area contributed by atoms with Gasteiger partial charge in [-0.2, -0.15) is 35.0 Å². The van der Waals surface area contributed by atoms with Gasteiger partial charge in [0.25, 0.3) is 0 Å². The highest BCUT2D eigenvalue weighted by Gasteiger charge is 2.39. The smallest absolute Gasteiger partial charge is 0.416 e. The number of alkyl halides is 6. The summed E-state index contributed by atoms with van der Waals surface area (Å²) in [6, 6.07) is 62.9. The number of fused-ring (bicyclic) bond motifs is 4. The molecule has 464 valence electrons. The van der Waals surface area contributed by atoms with E-state index in [4.69, 9.17) is 13.6 Å². The predicted octanol–water partition coefficient (Wildman–Crippen LogP) is 17.6. The van der Waals surface area contributed by atoms with E-state index in [2.05, 4.69) is 0 Å². The number of halogens is 6. The lowest BCUT2D eigenvalue weighted by Crippen LogP contribution is -2.46. The molecule has 0 bridgehead atoms. The van der Waals surface area contributed by atoms with Crippen molar-refractivity contribution in [2.75, 3.05) is 6.54 Å². The van der Waals surface area contributed by atoms with Crippen LogP contribution in [-0.4, -0.2) is 50.0 Å². The van der Waals surface area contributed by atoms with Gasteiger partial charge in [-0.3, -0.25) is 4.79 Å². The van der Waals surface area contributed by atoms with Crippen molar-refractivity contribution in [2.45, 2.75) is 61.0 Å². The minimum Gasteiger partial charge on any atom is -0.460 e. The van der Waals surface area contributed by atoms with Crippen LogP contribution in [-0.2, 0) is 66.2 Å². The summed E-state index contributed by atoms with van der Waals surface area (Å²) in [5, 5.41) is 2.84. The summed E-state index contributed by atoms with van der Waals surface area (Å²) >= 11 is 0. The van der Waals surface area contributed by atoms with E-state index in [0.717, 1.165) is 91.2 Å². The molecule has 1 unspecified atom stereocenters. The van der Waals surface area contributed by atoms with E-state index >= 15 is 0 Å². The average molecular weight is 1280 g/mol. The summed E-state index contributed by atoms with van der Waals surface area (Å²) in [5.74, 6) is -2.29. The largest absolute Gasteiger partial charge is 0.460 e. The molecule has 0 aliphatic heterocycles. The highest BCUT2D eigenvalue weighted by atomic mass is 32.2. The summed E-state index contributed by atoms with van der Waals surface area (Å²) in [7, 11) is -9.73. The first-order valence-corrected chi connectivity index (χ1v) is 32.0. The molecule has 2 aromatic heterocycles. The van der Waals surface area contributed by atoms with Crippen LogP contribution in [0.15, 0.2) is 261 Å². The third kappa shape index (κ3) is 13.0. The Morgan fingerprint density at radius 3 is 1.49 bits per heavy atom. The zero-order valence-corrected chi connectivity index (χ0v) is 50.5. The minimum atomic E-state index is -4.89. The third-order valence-corrected chi connectivity index (χ3v) is 19.7. The number of ether oxygens (including phenoxy) is 1. The van der Waals surface area contributed by atoms with Crippen molar-refractivity contribution >= 4 is 64.9 Å². The number of rotatable bonds is 19. The number of hydrogen-bond donors (Lipinski definition) is 0. The molecule has 1 atom stereocenters. The van der Waals surface area contributed by atoms with Gasteiger partial charge >= 0.3 is 24.3 Å². The van der Waals surface area contributed by atoms with E-state index in [1.54, 1.807) is 0 Å². The molecule has 10 aromatic carbocycles. The Labute approximate surface area is 525 Å². The molecule has 0 spiro atoms. The van der Waals surface area contributed by atoms with Crippen molar-refractivity contribution in [1.29, 1.82) is 0 Å². The SMILES string of the molecule is CCC(C(=O)OC(=O)CN(Cc1cccc(C(F)(F)F)c1)S(=O)(=O)c1ccc(-c2ccc(-c3cccc4c3oc3ccccc34)cc2)cc1)N(Cc1cccc(C(F)(F)F)c1)S(=O)(=O)c1ccc(-c2ccc(-c3c(Cc4ccccc4)oc4ccccc34)cc2)cc1. The van der Waals surface area contributed by atoms with Gasteiger partial charge < -0.3 is 13.6 Å². The first-order valence-electron chi connectivity index (χ1n) is 29.1. The van der Waals surface area contributed by atoms with Gasteiger partial charge in [-0.25, -0.2) is 21.6 Å².